The van der Waals surface area contributed by atoms with E-state index in [-0.39, 0.29) is 11.6 Å². The second-order valence-electron chi connectivity index (χ2n) is 5.46. The average molecular weight is 211 g/mol. The first-order valence-corrected chi connectivity index (χ1v) is 5.81. The van der Waals surface area contributed by atoms with E-state index in [9.17, 15) is 4.79 Å². The lowest BCUT2D eigenvalue weighted by molar-refractivity contribution is 0.0721. The summed E-state index contributed by atoms with van der Waals surface area (Å²) in [4.78, 5) is 15.8. The molecule has 2 rings (SSSR count). The normalized spacial score (nSPS) is 26.3. The van der Waals surface area contributed by atoms with Gasteiger partial charge in [0.2, 0.25) is 0 Å². The topological polar surface area (TPSA) is 49.6 Å². The highest BCUT2D eigenvalue weighted by Gasteiger charge is 2.39. The Balaban J connectivity index is 1.82. The minimum absolute atomic E-state index is 0.154. The van der Waals surface area contributed by atoms with E-state index in [0.717, 1.165) is 31.8 Å². The number of likely N-dealkylation sites (tertiary alicyclic amines) is 2. The zero-order valence-electron chi connectivity index (χ0n) is 9.70. The van der Waals surface area contributed by atoms with E-state index in [1.807, 2.05) is 16.7 Å². The van der Waals surface area contributed by atoms with E-state index in [2.05, 4.69) is 6.92 Å². The van der Waals surface area contributed by atoms with E-state index in [1.54, 1.807) is 0 Å². The molecule has 0 aromatic heterocycles. The summed E-state index contributed by atoms with van der Waals surface area (Å²) in [5.41, 5.74) is 5.73. The van der Waals surface area contributed by atoms with E-state index >= 15 is 0 Å². The molecule has 0 bridgehead atoms. The molecule has 0 aromatic rings. The van der Waals surface area contributed by atoms with Crippen LogP contribution in [-0.2, 0) is 0 Å². The van der Waals surface area contributed by atoms with Gasteiger partial charge in [0.25, 0.3) is 0 Å². The lowest BCUT2D eigenvalue weighted by Crippen LogP contribution is -2.68. The van der Waals surface area contributed by atoms with Crippen molar-refractivity contribution in [3.05, 3.63) is 0 Å². The molecule has 0 saturated carbocycles. The van der Waals surface area contributed by atoms with Crippen LogP contribution in [0.5, 0.6) is 0 Å². The van der Waals surface area contributed by atoms with E-state index in [4.69, 9.17) is 5.73 Å². The van der Waals surface area contributed by atoms with Crippen molar-refractivity contribution in [2.45, 2.75) is 32.2 Å². The average Bonchev–Trinajstić information content (AvgIpc) is 2.14. The molecular weight excluding hydrogens is 190 g/mol. The predicted molar refractivity (Wildman–Crippen MR) is 59.5 cm³/mol. The predicted octanol–water partition coefficient (Wildman–Crippen LogP) is 0.871. The third kappa shape index (κ3) is 2.25. The largest absolute Gasteiger partial charge is 0.325 e. The van der Waals surface area contributed by atoms with Crippen molar-refractivity contribution >= 4 is 6.03 Å². The number of amides is 2. The molecule has 0 radical (unpaired) electrons. The van der Waals surface area contributed by atoms with Crippen LogP contribution in [0.15, 0.2) is 0 Å². The third-order valence-corrected chi connectivity index (χ3v) is 3.43. The second kappa shape index (κ2) is 3.67. The number of carbonyl (C=O) groups is 1. The fourth-order valence-corrected chi connectivity index (χ4v) is 2.36. The molecule has 0 unspecified atom stereocenters. The van der Waals surface area contributed by atoms with Crippen LogP contribution in [-0.4, -0.2) is 47.5 Å². The zero-order chi connectivity index (χ0) is 11.1. The number of nitrogens with zero attached hydrogens (tertiary/aromatic N) is 2. The maximum atomic E-state index is 12.0. The monoisotopic (exact) mass is 211 g/mol. The maximum absolute atomic E-state index is 12.0. The second-order valence-corrected chi connectivity index (χ2v) is 5.46. The Morgan fingerprint density at radius 2 is 1.80 bits per heavy atom. The van der Waals surface area contributed by atoms with Gasteiger partial charge >= 0.3 is 6.03 Å². The highest BCUT2D eigenvalue weighted by atomic mass is 16.2. The lowest BCUT2D eigenvalue weighted by Gasteiger charge is -2.47. The Kier molecular flexibility index (Phi) is 2.63. The Bertz CT molecular complexity index is 249. The van der Waals surface area contributed by atoms with Crippen LogP contribution in [0.3, 0.4) is 0 Å². The molecule has 0 atom stereocenters. The molecule has 2 fully saturated rings. The fraction of sp³-hybridized carbons (Fsp3) is 0.909. The summed E-state index contributed by atoms with van der Waals surface area (Å²) < 4.78 is 0. The van der Waals surface area contributed by atoms with Crippen molar-refractivity contribution in [3.63, 3.8) is 0 Å². The van der Waals surface area contributed by atoms with Crippen molar-refractivity contribution in [3.8, 4) is 0 Å². The first-order chi connectivity index (χ1) is 6.98. The Morgan fingerprint density at radius 1 is 1.27 bits per heavy atom. The SMILES string of the molecule is CC1CCN(C(=O)N2CC(C)(N)C2)CC1. The van der Waals surface area contributed by atoms with Gasteiger partial charge in [-0.2, -0.15) is 0 Å². The van der Waals surface area contributed by atoms with Crippen molar-refractivity contribution in [2.24, 2.45) is 11.7 Å². The van der Waals surface area contributed by atoms with Gasteiger partial charge < -0.3 is 15.5 Å². The van der Waals surface area contributed by atoms with Crippen molar-refractivity contribution in [1.29, 1.82) is 0 Å². The zero-order valence-corrected chi connectivity index (χ0v) is 9.70. The van der Waals surface area contributed by atoms with Gasteiger partial charge in [-0.25, -0.2) is 4.79 Å². The molecule has 0 spiro atoms. The number of carbonyl (C=O) groups excluding carboxylic acids is 1. The molecule has 0 aromatic carbocycles. The Labute approximate surface area is 91.4 Å². The van der Waals surface area contributed by atoms with Gasteiger partial charge in [0.1, 0.15) is 0 Å². The minimum atomic E-state index is -0.154. The fourth-order valence-electron chi connectivity index (χ4n) is 2.36. The Morgan fingerprint density at radius 3 is 2.27 bits per heavy atom. The number of hydrogen-bond donors (Lipinski definition) is 1. The number of piperidine rings is 1. The molecule has 2 aliphatic heterocycles. The standard InChI is InChI=1S/C11H21N3O/c1-9-3-5-13(6-4-9)10(15)14-7-11(2,12)8-14/h9H,3-8,12H2,1-2H3. The van der Waals surface area contributed by atoms with Crippen LogP contribution in [0.4, 0.5) is 4.79 Å². The van der Waals surface area contributed by atoms with Gasteiger partial charge in [0, 0.05) is 31.7 Å². The molecule has 0 aliphatic carbocycles. The summed E-state index contributed by atoms with van der Waals surface area (Å²) in [5, 5.41) is 0. The highest BCUT2D eigenvalue weighted by Crippen LogP contribution is 2.22. The number of rotatable bonds is 0. The number of hydrogen-bond acceptors (Lipinski definition) is 2. The molecule has 2 heterocycles. The molecule has 4 nitrogen and oxygen atoms in total. The Hall–Kier alpha value is -0.770. The maximum Gasteiger partial charge on any atom is 0.320 e. The quantitative estimate of drug-likeness (QED) is 0.646. The molecule has 86 valence electrons. The van der Waals surface area contributed by atoms with Crippen LogP contribution in [0.25, 0.3) is 0 Å². The van der Waals surface area contributed by atoms with Crippen molar-refractivity contribution in [2.75, 3.05) is 26.2 Å². The number of urea groups is 1. The molecule has 4 heteroatoms. The highest BCUT2D eigenvalue weighted by molar-refractivity contribution is 5.75. The summed E-state index contributed by atoms with van der Waals surface area (Å²) in [6.45, 7) is 7.49. The van der Waals surface area contributed by atoms with Crippen molar-refractivity contribution in [1.82, 2.24) is 9.80 Å². The van der Waals surface area contributed by atoms with E-state index in [0.29, 0.717) is 13.1 Å². The molecule has 15 heavy (non-hydrogen) atoms. The van der Waals surface area contributed by atoms with Crippen LogP contribution in [0.2, 0.25) is 0 Å². The van der Waals surface area contributed by atoms with Crippen LogP contribution >= 0.6 is 0 Å². The third-order valence-electron chi connectivity index (χ3n) is 3.43. The van der Waals surface area contributed by atoms with Gasteiger partial charge in [0.15, 0.2) is 0 Å². The summed E-state index contributed by atoms with van der Waals surface area (Å²) in [7, 11) is 0. The lowest BCUT2D eigenvalue weighted by atomic mass is 9.94. The summed E-state index contributed by atoms with van der Waals surface area (Å²) in [6.07, 6.45) is 2.28. The van der Waals surface area contributed by atoms with Gasteiger partial charge in [-0.05, 0) is 25.7 Å². The first-order valence-electron chi connectivity index (χ1n) is 5.81. The first kappa shape index (κ1) is 10.7. The summed E-state index contributed by atoms with van der Waals surface area (Å²) in [6, 6.07) is 0.185. The van der Waals surface area contributed by atoms with Gasteiger partial charge in [-0.3, -0.25) is 0 Å². The van der Waals surface area contributed by atoms with Gasteiger partial charge in [0.05, 0.1) is 0 Å². The summed E-state index contributed by atoms with van der Waals surface area (Å²) >= 11 is 0. The number of nitrogens with two attached hydrogens (primary N) is 1. The smallest absolute Gasteiger partial charge is 0.320 e. The van der Waals surface area contributed by atoms with E-state index < -0.39 is 0 Å². The van der Waals surface area contributed by atoms with Crippen LogP contribution in [0.1, 0.15) is 26.7 Å². The van der Waals surface area contributed by atoms with Crippen LogP contribution < -0.4 is 5.73 Å². The molecular formula is C11H21N3O. The molecule has 2 saturated heterocycles. The van der Waals surface area contributed by atoms with E-state index in [1.165, 1.54) is 0 Å². The van der Waals surface area contributed by atoms with Crippen LogP contribution in [0, 0.1) is 5.92 Å². The summed E-state index contributed by atoms with van der Waals surface area (Å²) in [5.74, 6) is 0.769. The minimum Gasteiger partial charge on any atom is -0.325 e. The van der Waals surface area contributed by atoms with Gasteiger partial charge in [-0.15, -0.1) is 0 Å². The van der Waals surface area contributed by atoms with Crippen molar-refractivity contribution < 1.29 is 4.79 Å². The molecule has 2 amide bonds. The van der Waals surface area contributed by atoms with Gasteiger partial charge in [-0.1, -0.05) is 6.92 Å². The molecule has 2 N–H and O–H groups in total. The molecule has 2 aliphatic rings.